The smallest absolute Gasteiger partial charge is 0.213 e. The van der Waals surface area contributed by atoms with E-state index < -0.39 is 0 Å². The number of halogens is 1. The zero-order valence-corrected chi connectivity index (χ0v) is 12.6. The summed E-state index contributed by atoms with van der Waals surface area (Å²) < 4.78 is 7.31. The summed E-state index contributed by atoms with van der Waals surface area (Å²) in [5, 5.41) is 0. The fourth-order valence-corrected chi connectivity index (χ4v) is 2.40. The number of Topliss-reactive ketones (excluding diaryl/α,β-unsaturated/α-hetero) is 1. The third-order valence-corrected chi connectivity index (χ3v) is 3.37. The fourth-order valence-electron chi connectivity index (χ4n) is 2.25. The summed E-state index contributed by atoms with van der Waals surface area (Å²) in [6.07, 6.45) is 1.74. The Morgan fingerprint density at radius 1 is 1.40 bits per heavy atom. The van der Waals surface area contributed by atoms with Crippen molar-refractivity contribution in [2.45, 2.75) is 20.8 Å². The topological polar surface area (TPSA) is 44.1 Å². The lowest BCUT2D eigenvalue weighted by molar-refractivity contribution is 0.102. The zero-order chi connectivity index (χ0) is 14.7. The molecule has 20 heavy (non-hydrogen) atoms. The van der Waals surface area contributed by atoms with E-state index in [2.05, 4.69) is 4.98 Å². The van der Waals surface area contributed by atoms with Crippen LogP contribution < -0.4 is 4.74 Å². The third kappa shape index (κ3) is 2.70. The van der Waals surface area contributed by atoms with Crippen molar-refractivity contribution in [3.8, 4) is 11.6 Å². The number of aryl methyl sites for hydroxylation is 1. The van der Waals surface area contributed by atoms with Gasteiger partial charge in [0.25, 0.3) is 0 Å². The first kappa shape index (κ1) is 14.6. The predicted molar refractivity (Wildman–Crippen MR) is 79.3 cm³/mol. The molecule has 2 rings (SSSR count). The molecule has 0 spiro atoms. The molecule has 0 saturated carbocycles. The van der Waals surface area contributed by atoms with E-state index >= 15 is 0 Å². The third-order valence-electron chi connectivity index (χ3n) is 3.12. The van der Waals surface area contributed by atoms with Crippen LogP contribution in [0.15, 0.2) is 24.4 Å². The molecule has 5 heteroatoms. The highest BCUT2D eigenvalue weighted by Crippen LogP contribution is 2.22. The Hall–Kier alpha value is -1.81. The summed E-state index contributed by atoms with van der Waals surface area (Å²) in [6.45, 7) is 6.36. The lowest BCUT2D eigenvalue weighted by Gasteiger charge is -2.10. The van der Waals surface area contributed by atoms with Gasteiger partial charge >= 0.3 is 0 Å². The standard InChI is InChI=1S/C15H17ClN2O2/c1-4-20-15-6-5-12(9-17-15)18-10(2)7-13(11(18)3)14(19)8-16/h5-7,9H,4,8H2,1-3H3. The average Bonchev–Trinajstić information content (AvgIpc) is 2.75. The van der Waals surface area contributed by atoms with Crippen LogP contribution >= 0.6 is 11.6 Å². The number of hydrogen-bond donors (Lipinski definition) is 0. The minimum atomic E-state index is -0.0649. The monoisotopic (exact) mass is 292 g/mol. The molecule has 2 aromatic heterocycles. The van der Waals surface area contributed by atoms with Gasteiger partial charge in [-0.25, -0.2) is 4.98 Å². The number of ketones is 1. The van der Waals surface area contributed by atoms with E-state index in [9.17, 15) is 4.79 Å². The first-order chi connectivity index (χ1) is 9.58. The maximum absolute atomic E-state index is 11.8. The Labute approximate surface area is 123 Å². The second kappa shape index (κ2) is 6.09. The van der Waals surface area contributed by atoms with Crippen LogP contribution in [0.1, 0.15) is 28.7 Å². The Bertz CT molecular complexity index is 618. The van der Waals surface area contributed by atoms with E-state index in [-0.39, 0.29) is 11.7 Å². The van der Waals surface area contributed by atoms with Gasteiger partial charge in [0, 0.05) is 23.0 Å². The molecule has 0 atom stereocenters. The molecule has 0 bridgehead atoms. The van der Waals surface area contributed by atoms with Gasteiger partial charge in [-0.15, -0.1) is 11.6 Å². The molecule has 2 heterocycles. The maximum Gasteiger partial charge on any atom is 0.213 e. The van der Waals surface area contributed by atoms with E-state index in [1.165, 1.54) is 0 Å². The zero-order valence-electron chi connectivity index (χ0n) is 11.8. The minimum absolute atomic E-state index is 0.00811. The van der Waals surface area contributed by atoms with Crippen molar-refractivity contribution >= 4 is 17.4 Å². The molecule has 0 aromatic carbocycles. The van der Waals surface area contributed by atoms with E-state index in [1.807, 2.05) is 43.5 Å². The van der Waals surface area contributed by atoms with Crippen molar-refractivity contribution in [1.82, 2.24) is 9.55 Å². The summed E-state index contributed by atoms with van der Waals surface area (Å²) in [5.41, 5.74) is 3.41. The molecular weight excluding hydrogens is 276 g/mol. The average molecular weight is 293 g/mol. The van der Waals surface area contributed by atoms with Crippen LogP contribution in [-0.2, 0) is 0 Å². The number of alkyl halides is 1. The molecule has 0 amide bonds. The number of ether oxygens (including phenoxy) is 1. The molecule has 0 aliphatic rings. The van der Waals surface area contributed by atoms with E-state index in [0.29, 0.717) is 18.1 Å². The van der Waals surface area contributed by atoms with Gasteiger partial charge in [-0.3, -0.25) is 4.79 Å². The molecule has 0 radical (unpaired) electrons. The van der Waals surface area contributed by atoms with Crippen LogP contribution in [-0.4, -0.2) is 27.8 Å². The van der Waals surface area contributed by atoms with Gasteiger partial charge in [0.1, 0.15) is 0 Å². The number of rotatable bonds is 5. The molecule has 4 nitrogen and oxygen atoms in total. The summed E-state index contributed by atoms with van der Waals surface area (Å²) in [6, 6.07) is 5.60. The van der Waals surface area contributed by atoms with Gasteiger partial charge in [0.05, 0.1) is 24.4 Å². The van der Waals surface area contributed by atoms with Gasteiger partial charge in [0.2, 0.25) is 5.88 Å². The van der Waals surface area contributed by atoms with Gasteiger partial charge < -0.3 is 9.30 Å². The molecule has 0 aliphatic heterocycles. The Balaban J connectivity index is 2.42. The molecule has 0 N–H and O–H groups in total. The summed E-state index contributed by atoms with van der Waals surface area (Å²) >= 11 is 5.63. The quantitative estimate of drug-likeness (QED) is 0.627. The van der Waals surface area contributed by atoms with Crippen LogP contribution in [0.3, 0.4) is 0 Å². The largest absolute Gasteiger partial charge is 0.478 e. The second-order valence-corrected chi connectivity index (χ2v) is 4.73. The number of pyridine rings is 1. The molecular formula is C15H17ClN2O2. The van der Waals surface area contributed by atoms with Gasteiger partial charge in [-0.05, 0) is 32.9 Å². The molecule has 106 valence electrons. The van der Waals surface area contributed by atoms with E-state index in [1.54, 1.807) is 6.20 Å². The minimum Gasteiger partial charge on any atom is -0.478 e. The number of carbonyl (C=O) groups excluding carboxylic acids is 1. The molecule has 0 fully saturated rings. The highest BCUT2D eigenvalue weighted by Gasteiger charge is 2.15. The predicted octanol–water partition coefficient (Wildman–Crippen LogP) is 3.31. The highest BCUT2D eigenvalue weighted by atomic mass is 35.5. The summed E-state index contributed by atoms with van der Waals surface area (Å²) in [4.78, 5) is 16.0. The number of carbonyl (C=O) groups is 1. The van der Waals surface area contributed by atoms with Crippen molar-refractivity contribution < 1.29 is 9.53 Å². The molecule has 2 aromatic rings. The first-order valence-corrected chi connectivity index (χ1v) is 6.99. The van der Waals surface area contributed by atoms with Crippen molar-refractivity contribution in [2.24, 2.45) is 0 Å². The van der Waals surface area contributed by atoms with Crippen LogP contribution in [0.4, 0.5) is 0 Å². The number of aromatic nitrogens is 2. The van der Waals surface area contributed by atoms with Gasteiger partial charge in [0.15, 0.2) is 5.78 Å². The van der Waals surface area contributed by atoms with Crippen LogP contribution in [0.5, 0.6) is 5.88 Å². The summed E-state index contributed by atoms with van der Waals surface area (Å²) in [7, 11) is 0. The van der Waals surface area contributed by atoms with Gasteiger partial charge in [-0.2, -0.15) is 0 Å². The van der Waals surface area contributed by atoms with Crippen molar-refractivity contribution in [2.75, 3.05) is 12.5 Å². The lowest BCUT2D eigenvalue weighted by atomic mass is 10.2. The molecule has 0 saturated heterocycles. The van der Waals surface area contributed by atoms with E-state index in [4.69, 9.17) is 16.3 Å². The Morgan fingerprint density at radius 3 is 2.70 bits per heavy atom. The Kier molecular flexibility index (Phi) is 4.45. The number of nitrogens with zero attached hydrogens (tertiary/aromatic N) is 2. The van der Waals surface area contributed by atoms with Gasteiger partial charge in [-0.1, -0.05) is 0 Å². The maximum atomic E-state index is 11.8. The number of hydrogen-bond acceptors (Lipinski definition) is 3. The van der Waals surface area contributed by atoms with Crippen LogP contribution in [0, 0.1) is 13.8 Å². The van der Waals surface area contributed by atoms with Crippen molar-refractivity contribution in [1.29, 1.82) is 0 Å². The normalized spacial score (nSPS) is 10.6. The second-order valence-electron chi connectivity index (χ2n) is 4.46. The Morgan fingerprint density at radius 2 is 2.15 bits per heavy atom. The van der Waals surface area contributed by atoms with E-state index in [0.717, 1.165) is 17.1 Å². The van der Waals surface area contributed by atoms with Crippen molar-refractivity contribution in [3.05, 3.63) is 41.3 Å². The SMILES string of the molecule is CCOc1ccc(-n2c(C)cc(C(=O)CCl)c2C)cn1. The lowest BCUT2D eigenvalue weighted by Crippen LogP contribution is -2.04. The van der Waals surface area contributed by atoms with Crippen LogP contribution in [0.2, 0.25) is 0 Å². The van der Waals surface area contributed by atoms with Crippen LogP contribution in [0.25, 0.3) is 5.69 Å². The fraction of sp³-hybridized carbons (Fsp3) is 0.333. The summed E-state index contributed by atoms with van der Waals surface area (Å²) in [5.74, 6) is 0.520. The molecule has 0 aliphatic carbocycles. The van der Waals surface area contributed by atoms with Crippen molar-refractivity contribution in [3.63, 3.8) is 0 Å². The first-order valence-electron chi connectivity index (χ1n) is 6.45. The highest BCUT2D eigenvalue weighted by molar-refractivity contribution is 6.30. The molecule has 0 unspecified atom stereocenters.